The van der Waals surface area contributed by atoms with Crippen LogP contribution in [0.5, 0.6) is 0 Å². The molecule has 26 heavy (non-hydrogen) atoms. The minimum Gasteiger partial charge on any atom is -0.385 e. The quantitative estimate of drug-likeness (QED) is 0.899. The number of hydrogen-bond donors (Lipinski definition) is 1. The molecule has 0 unspecified atom stereocenters. The lowest BCUT2D eigenvalue weighted by Gasteiger charge is -2.41. The second-order valence-electron chi connectivity index (χ2n) is 7.56. The van der Waals surface area contributed by atoms with E-state index in [0.29, 0.717) is 24.4 Å². The third-order valence-corrected chi connectivity index (χ3v) is 7.82. The zero-order valence-corrected chi connectivity index (χ0v) is 15.7. The van der Waals surface area contributed by atoms with E-state index in [4.69, 9.17) is 0 Å². The van der Waals surface area contributed by atoms with Crippen LogP contribution in [0.2, 0.25) is 0 Å². The van der Waals surface area contributed by atoms with Gasteiger partial charge in [0.05, 0.1) is 10.5 Å². The first-order valence-corrected chi connectivity index (χ1v) is 10.5. The molecule has 0 bridgehead atoms. The van der Waals surface area contributed by atoms with Crippen molar-refractivity contribution in [2.45, 2.75) is 36.7 Å². The van der Waals surface area contributed by atoms with E-state index in [1.807, 2.05) is 31.2 Å². The summed E-state index contributed by atoms with van der Waals surface area (Å²) >= 11 is 0. The van der Waals surface area contributed by atoms with E-state index in [-0.39, 0.29) is 11.8 Å². The first-order valence-electron chi connectivity index (χ1n) is 9.11. The Hall–Kier alpha value is -1.76. The van der Waals surface area contributed by atoms with Gasteiger partial charge < -0.3 is 5.11 Å². The highest BCUT2D eigenvalue weighted by Crippen LogP contribution is 2.48. The largest absolute Gasteiger partial charge is 0.385 e. The number of sulfonamides is 1. The van der Waals surface area contributed by atoms with Crippen molar-refractivity contribution in [3.63, 3.8) is 0 Å². The minimum absolute atomic E-state index is 0.0966. The maximum Gasteiger partial charge on any atom is 0.243 e. The first-order chi connectivity index (χ1) is 12.4. The van der Waals surface area contributed by atoms with Crippen LogP contribution in [0.3, 0.4) is 0 Å². The Kier molecular flexibility index (Phi) is 4.37. The topological polar surface area (TPSA) is 70.5 Å². The van der Waals surface area contributed by atoms with E-state index in [2.05, 4.69) is 4.98 Å². The summed E-state index contributed by atoms with van der Waals surface area (Å²) in [5.41, 5.74) is 0.823. The number of benzene rings is 1. The summed E-state index contributed by atoms with van der Waals surface area (Å²) < 4.78 is 27.7. The van der Waals surface area contributed by atoms with Crippen molar-refractivity contribution in [3.8, 4) is 0 Å². The molecule has 1 aliphatic carbocycles. The Labute approximate surface area is 154 Å². The number of aliphatic hydroxyl groups is 1. The van der Waals surface area contributed by atoms with Crippen molar-refractivity contribution in [1.82, 2.24) is 9.29 Å². The summed E-state index contributed by atoms with van der Waals surface area (Å²) in [5.74, 6) is 0.0786. The van der Waals surface area contributed by atoms with Crippen LogP contribution in [0.4, 0.5) is 0 Å². The molecule has 3 atom stereocenters. The third-order valence-electron chi connectivity index (χ3n) is 5.97. The van der Waals surface area contributed by atoms with Gasteiger partial charge in [-0.1, -0.05) is 23.8 Å². The fraction of sp³-hybridized carbons (Fsp3) is 0.450. The molecule has 1 saturated carbocycles. The molecular weight excluding hydrogens is 348 g/mol. The normalized spacial score (nSPS) is 29.5. The molecule has 1 aromatic heterocycles. The van der Waals surface area contributed by atoms with Crippen molar-refractivity contribution in [2.24, 2.45) is 11.8 Å². The van der Waals surface area contributed by atoms with Crippen molar-refractivity contribution in [1.29, 1.82) is 0 Å². The van der Waals surface area contributed by atoms with Gasteiger partial charge >= 0.3 is 0 Å². The highest BCUT2D eigenvalue weighted by molar-refractivity contribution is 7.89. The second kappa shape index (κ2) is 6.44. The van der Waals surface area contributed by atoms with E-state index < -0.39 is 15.6 Å². The predicted molar refractivity (Wildman–Crippen MR) is 98.9 cm³/mol. The smallest absolute Gasteiger partial charge is 0.243 e. The molecule has 2 fully saturated rings. The van der Waals surface area contributed by atoms with Crippen LogP contribution in [-0.2, 0) is 15.6 Å². The van der Waals surface area contributed by atoms with Crippen LogP contribution in [0.25, 0.3) is 0 Å². The average molecular weight is 372 g/mol. The standard InChI is InChI=1S/C20H24N2O3S/c1-15-6-8-18(9-7-15)26(24,25)22-13-16-4-2-10-20(23,19(16)14-22)17-5-3-11-21-12-17/h3,5-9,11-12,16,19,23H,2,4,10,13-14H2,1H3/t16-,19+,20-/m0/s1. The summed E-state index contributed by atoms with van der Waals surface area (Å²) in [6, 6.07) is 10.7. The van der Waals surface area contributed by atoms with Crippen LogP contribution in [0, 0.1) is 18.8 Å². The zero-order valence-electron chi connectivity index (χ0n) is 14.9. The van der Waals surface area contributed by atoms with Gasteiger partial charge in [0.2, 0.25) is 10.0 Å². The summed E-state index contributed by atoms with van der Waals surface area (Å²) in [7, 11) is -3.54. The SMILES string of the molecule is Cc1ccc(S(=O)(=O)N2C[C@@H]3CCC[C@](O)(c4cccnc4)[C@@H]3C2)cc1. The van der Waals surface area contributed by atoms with Gasteiger partial charge in [0.15, 0.2) is 0 Å². The van der Waals surface area contributed by atoms with E-state index in [9.17, 15) is 13.5 Å². The number of hydrogen-bond acceptors (Lipinski definition) is 4. The van der Waals surface area contributed by atoms with Crippen molar-refractivity contribution in [3.05, 3.63) is 59.9 Å². The summed E-state index contributed by atoms with van der Waals surface area (Å²) in [5, 5.41) is 11.4. The van der Waals surface area contributed by atoms with Gasteiger partial charge in [0.25, 0.3) is 0 Å². The first kappa shape index (κ1) is 17.6. The maximum atomic E-state index is 13.1. The number of aryl methyl sites for hydroxylation is 1. The molecule has 0 spiro atoms. The molecule has 2 heterocycles. The molecule has 1 aliphatic heterocycles. The van der Waals surface area contributed by atoms with Crippen LogP contribution < -0.4 is 0 Å². The van der Waals surface area contributed by atoms with Gasteiger partial charge in [-0.15, -0.1) is 0 Å². The highest BCUT2D eigenvalue weighted by Gasteiger charge is 2.52. The van der Waals surface area contributed by atoms with Gasteiger partial charge in [-0.25, -0.2) is 8.42 Å². The minimum atomic E-state index is -3.54. The van der Waals surface area contributed by atoms with Crippen LogP contribution >= 0.6 is 0 Å². The summed E-state index contributed by atoms with van der Waals surface area (Å²) in [6.07, 6.45) is 5.89. The van der Waals surface area contributed by atoms with Gasteiger partial charge in [0.1, 0.15) is 0 Å². The van der Waals surface area contributed by atoms with Gasteiger partial charge in [-0.3, -0.25) is 4.98 Å². The lowest BCUT2D eigenvalue weighted by Crippen LogP contribution is -2.43. The molecule has 4 rings (SSSR count). The van der Waals surface area contributed by atoms with E-state index in [1.54, 1.807) is 28.8 Å². The van der Waals surface area contributed by atoms with Crippen LogP contribution in [0.1, 0.15) is 30.4 Å². The molecule has 138 valence electrons. The summed E-state index contributed by atoms with van der Waals surface area (Å²) in [4.78, 5) is 4.48. The number of pyridine rings is 1. The second-order valence-corrected chi connectivity index (χ2v) is 9.50. The van der Waals surface area contributed by atoms with Gasteiger partial charge in [-0.2, -0.15) is 4.31 Å². The Balaban J connectivity index is 1.65. The maximum absolute atomic E-state index is 13.1. The molecule has 0 amide bonds. The summed E-state index contributed by atoms with van der Waals surface area (Å²) in [6.45, 7) is 2.77. The predicted octanol–water partition coefficient (Wildman–Crippen LogP) is 2.70. The Morgan fingerprint density at radius 2 is 1.96 bits per heavy atom. The molecule has 2 aromatic rings. The van der Waals surface area contributed by atoms with Crippen LogP contribution in [0.15, 0.2) is 53.7 Å². The van der Waals surface area contributed by atoms with Crippen molar-refractivity contribution < 1.29 is 13.5 Å². The van der Waals surface area contributed by atoms with Crippen molar-refractivity contribution >= 4 is 10.0 Å². The Bertz CT molecular complexity index is 883. The molecule has 6 heteroatoms. The number of rotatable bonds is 3. The number of nitrogens with zero attached hydrogens (tertiary/aromatic N) is 2. The third kappa shape index (κ3) is 2.86. The molecule has 1 saturated heterocycles. The average Bonchev–Trinajstić information content (AvgIpc) is 3.10. The molecule has 1 aromatic carbocycles. The molecule has 5 nitrogen and oxygen atoms in total. The lowest BCUT2D eigenvalue weighted by atomic mass is 9.68. The lowest BCUT2D eigenvalue weighted by molar-refractivity contribution is -0.0643. The molecule has 2 aliphatic rings. The molecule has 1 N–H and O–H groups in total. The number of aromatic nitrogens is 1. The van der Waals surface area contributed by atoms with E-state index in [1.165, 1.54) is 0 Å². The Morgan fingerprint density at radius 1 is 1.19 bits per heavy atom. The van der Waals surface area contributed by atoms with E-state index in [0.717, 1.165) is 24.0 Å². The highest BCUT2D eigenvalue weighted by atomic mass is 32.2. The van der Waals surface area contributed by atoms with Crippen molar-refractivity contribution in [2.75, 3.05) is 13.1 Å². The monoisotopic (exact) mass is 372 g/mol. The van der Waals surface area contributed by atoms with Gasteiger partial charge in [-0.05, 0) is 50.3 Å². The molecule has 0 radical (unpaired) electrons. The fourth-order valence-corrected chi connectivity index (χ4v) is 6.04. The van der Waals surface area contributed by atoms with Crippen LogP contribution in [-0.4, -0.2) is 35.9 Å². The van der Waals surface area contributed by atoms with E-state index >= 15 is 0 Å². The fourth-order valence-electron chi connectivity index (χ4n) is 4.52. The number of fused-ring (bicyclic) bond motifs is 1. The molecular formula is C20H24N2O3S. The Morgan fingerprint density at radius 3 is 2.65 bits per heavy atom. The van der Waals surface area contributed by atoms with Gasteiger partial charge in [0, 0.05) is 37.0 Å². The zero-order chi connectivity index (χ0) is 18.4.